The zero-order valence-corrected chi connectivity index (χ0v) is 23.4. The predicted molar refractivity (Wildman–Crippen MR) is 150 cm³/mol. The third-order valence-electron chi connectivity index (χ3n) is 6.55. The number of nitrogens with one attached hydrogen (secondary N) is 1. The Hall–Kier alpha value is -3.40. The van der Waals surface area contributed by atoms with Crippen LogP contribution >= 0.6 is 0 Å². The second-order valence-electron chi connectivity index (χ2n) is 9.18. The van der Waals surface area contributed by atoms with Gasteiger partial charge in [0, 0.05) is 37.9 Å². The maximum absolute atomic E-state index is 12.5. The van der Waals surface area contributed by atoms with Gasteiger partial charge in [-0.2, -0.15) is 4.31 Å². The molecule has 0 radical (unpaired) electrons. The van der Waals surface area contributed by atoms with Crippen molar-refractivity contribution in [1.82, 2.24) is 19.7 Å². The number of amides is 1. The molecular weight excluding hydrogens is 558 g/mol. The summed E-state index contributed by atoms with van der Waals surface area (Å²) in [7, 11) is -3.38. The molecule has 0 bridgehead atoms. The van der Waals surface area contributed by atoms with Crippen molar-refractivity contribution in [2.45, 2.75) is 12.6 Å². The van der Waals surface area contributed by atoms with E-state index in [9.17, 15) is 27.2 Å². The Labute approximate surface area is 235 Å². The van der Waals surface area contributed by atoms with E-state index in [0.29, 0.717) is 11.4 Å². The number of nitrogens with zero attached hydrogens (tertiary/aromatic N) is 4. The molecule has 2 aromatic carbocycles. The average Bonchev–Trinajstić information content (AvgIpc) is 2.97. The Morgan fingerprint density at radius 2 is 1.77 bits per heavy atom. The molecule has 12 nitrogen and oxygen atoms in total. The maximum Gasteiger partial charge on any atom is 0.262 e. The maximum atomic E-state index is 12.5. The molecule has 1 fully saturated rings. The van der Waals surface area contributed by atoms with Crippen LogP contribution in [0.25, 0.3) is 11.3 Å². The van der Waals surface area contributed by atoms with Crippen LogP contribution in [-0.4, -0.2) is 87.5 Å². The minimum atomic E-state index is -3.38. The van der Waals surface area contributed by atoms with Crippen LogP contribution in [0, 0.1) is 0 Å². The Kier molecular flexibility index (Phi) is 9.84. The normalized spacial score (nSPS) is 16.2. The fourth-order valence-corrected chi connectivity index (χ4v) is 5.81. The van der Waals surface area contributed by atoms with E-state index in [-0.39, 0.29) is 39.3 Å². The number of sulfonamides is 1. The van der Waals surface area contributed by atoms with Gasteiger partial charge in [0.15, 0.2) is 0 Å². The molecule has 3 aromatic rings. The van der Waals surface area contributed by atoms with Crippen molar-refractivity contribution in [3.63, 3.8) is 0 Å². The van der Waals surface area contributed by atoms with Crippen LogP contribution in [0.3, 0.4) is 0 Å². The summed E-state index contributed by atoms with van der Waals surface area (Å²) >= 11 is -2.49. The number of ether oxygens (including phenoxy) is 1. The summed E-state index contributed by atoms with van der Waals surface area (Å²) in [4.78, 5) is 18.6. The van der Waals surface area contributed by atoms with Crippen molar-refractivity contribution in [3.05, 3.63) is 78.5 Å². The van der Waals surface area contributed by atoms with Crippen LogP contribution < -0.4 is 14.5 Å². The minimum absolute atomic E-state index is 0.159. The minimum Gasteiger partial charge on any atom is -0.489 e. The average molecular weight is 590 g/mol. The molecule has 0 aliphatic carbocycles. The monoisotopic (exact) mass is 589 g/mol. The molecule has 4 rings (SSSR count). The molecule has 1 aromatic heterocycles. The summed E-state index contributed by atoms with van der Waals surface area (Å²) in [6.45, 7) is 0.804. The van der Waals surface area contributed by atoms with Gasteiger partial charge < -0.3 is 4.74 Å². The first kappa shape index (κ1) is 29.6. The first-order valence-electron chi connectivity index (χ1n) is 12.4. The van der Waals surface area contributed by atoms with Crippen LogP contribution in [0.1, 0.15) is 5.56 Å². The van der Waals surface area contributed by atoms with E-state index < -0.39 is 33.2 Å². The van der Waals surface area contributed by atoms with E-state index >= 15 is 0 Å². The Balaban J connectivity index is 1.42. The number of piperazine rings is 1. The molecule has 1 amide bonds. The first-order chi connectivity index (χ1) is 19.2. The van der Waals surface area contributed by atoms with Crippen LogP contribution in [-0.2, 0) is 32.7 Å². The van der Waals surface area contributed by atoms with Gasteiger partial charge in [0.05, 0.1) is 24.2 Å². The van der Waals surface area contributed by atoms with Gasteiger partial charge in [-0.15, -0.1) is 0 Å². The molecule has 3 N–H and O–H groups in total. The zero-order chi connectivity index (χ0) is 28.7. The highest BCUT2D eigenvalue weighted by atomic mass is 32.2. The number of aromatic nitrogens is 1. The van der Waals surface area contributed by atoms with Crippen LogP contribution in [0.5, 0.6) is 5.75 Å². The lowest BCUT2D eigenvalue weighted by molar-refractivity contribution is -0.134. The number of carbonyl (C=O) groups excluding carboxylic acids is 1. The van der Waals surface area contributed by atoms with Crippen molar-refractivity contribution in [2.75, 3.05) is 43.3 Å². The smallest absolute Gasteiger partial charge is 0.262 e. The molecule has 1 aliphatic rings. The van der Waals surface area contributed by atoms with Gasteiger partial charge in [-0.05, 0) is 42.0 Å². The Morgan fingerprint density at radius 1 is 1.10 bits per heavy atom. The van der Waals surface area contributed by atoms with E-state index in [1.807, 2.05) is 42.5 Å². The zero-order valence-electron chi connectivity index (χ0n) is 21.8. The lowest BCUT2D eigenvalue weighted by atomic mass is 10.1. The van der Waals surface area contributed by atoms with Gasteiger partial charge in [0.1, 0.15) is 18.4 Å². The summed E-state index contributed by atoms with van der Waals surface area (Å²) < 4.78 is 54.2. The summed E-state index contributed by atoms with van der Waals surface area (Å²) in [5, 5.41) is 9.30. The third-order valence-corrected chi connectivity index (χ3v) is 8.59. The lowest BCUT2D eigenvalue weighted by Gasteiger charge is -2.38. The topological polar surface area (TPSA) is 153 Å². The van der Waals surface area contributed by atoms with Crippen molar-refractivity contribution in [3.8, 4) is 17.0 Å². The van der Waals surface area contributed by atoms with E-state index in [0.717, 1.165) is 27.4 Å². The first-order valence-corrected chi connectivity index (χ1v) is 15.3. The highest BCUT2D eigenvalue weighted by Crippen LogP contribution is 2.24. The predicted octanol–water partition coefficient (Wildman–Crippen LogP) is 1.72. The van der Waals surface area contributed by atoms with E-state index in [1.54, 1.807) is 40.8 Å². The summed E-state index contributed by atoms with van der Waals surface area (Å²) in [6.07, 6.45) is 2.84. The van der Waals surface area contributed by atoms with Crippen LogP contribution in [0.4, 0.5) is 5.69 Å². The summed E-state index contributed by atoms with van der Waals surface area (Å²) in [5.41, 5.74) is 4.72. The quantitative estimate of drug-likeness (QED) is 0.172. The molecular formula is C26H31N5O7S2. The van der Waals surface area contributed by atoms with Crippen molar-refractivity contribution in [2.24, 2.45) is 0 Å². The highest BCUT2D eigenvalue weighted by Gasteiger charge is 2.34. The third kappa shape index (κ3) is 7.62. The largest absolute Gasteiger partial charge is 0.489 e. The van der Waals surface area contributed by atoms with Crippen LogP contribution in [0.15, 0.2) is 72.9 Å². The number of hydrogen-bond acceptors (Lipinski definition) is 8. The molecule has 214 valence electrons. The van der Waals surface area contributed by atoms with Crippen LogP contribution in [0.2, 0.25) is 0 Å². The van der Waals surface area contributed by atoms with Crippen molar-refractivity contribution < 1.29 is 31.9 Å². The molecule has 2 atom stereocenters. The molecule has 1 aliphatic heterocycles. The SMILES string of the molecule is CS(=O)(=O)N1CCN([C@@H](CN(c2ccc(OCc3ccnc(-c4ccccc4)c3)cc2)S(=O)O)C(=O)NO)CC1. The van der Waals surface area contributed by atoms with Gasteiger partial charge in [0.25, 0.3) is 17.2 Å². The Morgan fingerprint density at radius 3 is 2.38 bits per heavy atom. The van der Waals surface area contributed by atoms with E-state index in [1.165, 1.54) is 4.31 Å². The second-order valence-corrected chi connectivity index (χ2v) is 12.1. The molecule has 40 heavy (non-hydrogen) atoms. The highest BCUT2D eigenvalue weighted by molar-refractivity contribution is 7.88. The molecule has 0 saturated carbocycles. The number of benzene rings is 2. The van der Waals surface area contributed by atoms with Gasteiger partial charge in [-0.25, -0.2) is 18.1 Å². The van der Waals surface area contributed by atoms with Gasteiger partial charge >= 0.3 is 0 Å². The lowest BCUT2D eigenvalue weighted by Crippen LogP contribution is -2.58. The fourth-order valence-electron chi connectivity index (χ4n) is 4.41. The molecule has 1 saturated heterocycles. The molecule has 0 spiro atoms. The Bertz CT molecular complexity index is 1420. The number of anilines is 1. The standard InChI is InChI=1S/C26H31N5O7S2/c1-40(36,37)30-15-13-29(14-16-30)25(26(32)28-33)18-31(39(34)35)22-7-9-23(10-8-22)38-19-20-11-12-27-24(17-20)21-5-3-2-4-6-21/h2-12,17,25,33H,13-16,18-19H2,1H3,(H,28,32)(H,34,35)/t25-/m0/s1. The van der Waals surface area contributed by atoms with E-state index in [2.05, 4.69) is 4.98 Å². The molecule has 2 heterocycles. The summed E-state index contributed by atoms with van der Waals surface area (Å²) in [5.74, 6) is -0.234. The van der Waals surface area contributed by atoms with Gasteiger partial charge in [-0.1, -0.05) is 30.3 Å². The van der Waals surface area contributed by atoms with Crippen molar-refractivity contribution in [1.29, 1.82) is 0 Å². The van der Waals surface area contributed by atoms with E-state index in [4.69, 9.17) is 4.74 Å². The van der Waals surface area contributed by atoms with Crippen molar-refractivity contribution >= 4 is 32.9 Å². The van der Waals surface area contributed by atoms with Gasteiger partial charge in [0.2, 0.25) is 10.0 Å². The second kappa shape index (κ2) is 13.3. The molecule has 14 heteroatoms. The number of pyridine rings is 1. The molecule has 1 unspecified atom stereocenters. The number of hydroxylamine groups is 1. The number of rotatable bonds is 11. The number of carbonyl (C=O) groups is 1. The fraction of sp³-hybridized carbons (Fsp3) is 0.308. The number of hydrogen-bond donors (Lipinski definition) is 3. The summed E-state index contributed by atoms with van der Waals surface area (Å²) in [6, 6.07) is 19.1. The van der Waals surface area contributed by atoms with Gasteiger partial charge in [-0.3, -0.25) is 28.7 Å².